The predicted octanol–water partition coefficient (Wildman–Crippen LogP) is 4.59. The van der Waals surface area contributed by atoms with Crippen molar-refractivity contribution in [2.45, 2.75) is 32.7 Å². The Balaban J connectivity index is 2.35. The van der Waals surface area contributed by atoms with Gasteiger partial charge in [0.2, 0.25) is 0 Å². The maximum atomic E-state index is 13.3. The normalized spacial score (nSPS) is 14.0. The van der Waals surface area contributed by atoms with Gasteiger partial charge in [-0.05, 0) is 42.3 Å². The van der Waals surface area contributed by atoms with Crippen molar-refractivity contribution in [3.8, 4) is 0 Å². The highest BCUT2D eigenvalue weighted by atomic mass is 19.1. The molecule has 0 radical (unpaired) electrons. The molecular formula is C18H22FN. The molecule has 0 fully saturated rings. The maximum absolute atomic E-state index is 13.3. The lowest BCUT2D eigenvalue weighted by molar-refractivity contribution is 0.476. The summed E-state index contributed by atoms with van der Waals surface area (Å²) >= 11 is 0. The van der Waals surface area contributed by atoms with Gasteiger partial charge in [-0.15, -0.1) is 0 Å². The molecule has 0 amide bonds. The Morgan fingerprint density at radius 1 is 1.10 bits per heavy atom. The molecule has 0 saturated heterocycles. The Morgan fingerprint density at radius 2 is 1.80 bits per heavy atom. The average molecular weight is 271 g/mol. The van der Waals surface area contributed by atoms with Gasteiger partial charge >= 0.3 is 0 Å². The van der Waals surface area contributed by atoms with Gasteiger partial charge in [-0.2, -0.15) is 0 Å². The first-order chi connectivity index (χ1) is 9.63. The Hall–Kier alpha value is -1.67. The van der Waals surface area contributed by atoms with Gasteiger partial charge in [-0.3, -0.25) is 0 Å². The number of nitrogens with one attached hydrogen (secondary N) is 1. The maximum Gasteiger partial charge on any atom is 0.123 e. The molecule has 2 heteroatoms. The minimum atomic E-state index is -0.172. The average Bonchev–Trinajstić information content (AvgIpc) is 2.46. The SMILES string of the molecule is CCNC(c1ccc(F)cc1C)C(C)c1ccccc1. The summed E-state index contributed by atoms with van der Waals surface area (Å²) < 4.78 is 13.3. The second kappa shape index (κ2) is 6.67. The van der Waals surface area contributed by atoms with Crippen LogP contribution in [-0.2, 0) is 0 Å². The van der Waals surface area contributed by atoms with Gasteiger partial charge < -0.3 is 5.32 Å². The van der Waals surface area contributed by atoms with Gasteiger partial charge in [0, 0.05) is 12.0 Å². The van der Waals surface area contributed by atoms with Crippen LogP contribution < -0.4 is 5.32 Å². The van der Waals surface area contributed by atoms with Crippen LogP contribution in [0, 0.1) is 12.7 Å². The lowest BCUT2D eigenvalue weighted by atomic mass is 9.86. The quantitative estimate of drug-likeness (QED) is 0.838. The predicted molar refractivity (Wildman–Crippen MR) is 82.4 cm³/mol. The molecule has 2 unspecified atom stereocenters. The van der Waals surface area contributed by atoms with E-state index >= 15 is 0 Å². The molecule has 0 heterocycles. The van der Waals surface area contributed by atoms with Crippen LogP contribution in [-0.4, -0.2) is 6.54 Å². The van der Waals surface area contributed by atoms with Gasteiger partial charge in [-0.25, -0.2) is 4.39 Å². The second-order valence-electron chi connectivity index (χ2n) is 5.24. The Morgan fingerprint density at radius 3 is 2.40 bits per heavy atom. The topological polar surface area (TPSA) is 12.0 Å². The number of benzene rings is 2. The largest absolute Gasteiger partial charge is 0.310 e. The van der Waals surface area contributed by atoms with Crippen molar-refractivity contribution >= 4 is 0 Å². The van der Waals surface area contributed by atoms with E-state index in [0.717, 1.165) is 12.1 Å². The van der Waals surface area contributed by atoms with E-state index in [-0.39, 0.29) is 11.9 Å². The third-order valence-electron chi connectivity index (χ3n) is 3.82. The molecule has 2 aromatic rings. The van der Waals surface area contributed by atoms with E-state index in [9.17, 15) is 4.39 Å². The third-order valence-corrected chi connectivity index (χ3v) is 3.82. The van der Waals surface area contributed by atoms with E-state index in [1.54, 1.807) is 12.1 Å². The number of halogens is 1. The van der Waals surface area contributed by atoms with E-state index in [1.165, 1.54) is 11.1 Å². The van der Waals surface area contributed by atoms with E-state index in [2.05, 4.69) is 43.4 Å². The van der Waals surface area contributed by atoms with Crippen LogP contribution in [0.15, 0.2) is 48.5 Å². The van der Waals surface area contributed by atoms with Crippen LogP contribution in [0.1, 0.15) is 42.5 Å². The van der Waals surface area contributed by atoms with Gasteiger partial charge in [0.1, 0.15) is 5.82 Å². The Bertz CT molecular complexity index is 551. The molecule has 0 aromatic heterocycles. The molecule has 2 atom stereocenters. The number of rotatable bonds is 5. The summed E-state index contributed by atoms with van der Waals surface area (Å²) in [6, 6.07) is 15.7. The summed E-state index contributed by atoms with van der Waals surface area (Å²) in [6.45, 7) is 7.17. The molecule has 0 spiro atoms. The summed E-state index contributed by atoms with van der Waals surface area (Å²) in [5, 5.41) is 3.53. The number of aryl methyl sites for hydroxylation is 1. The van der Waals surface area contributed by atoms with E-state index in [1.807, 2.05) is 19.1 Å². The standard InChI is InChI=1S/C18H22FN/c1-4-20-18(14(3)15-8-6-5-7-9-15)17-11-10-16(19)12-13(17)2/h5-12,14,18,20H,4H2,1-3H3. The molecule has 0 aliphatic heterocycles. The third kappa shape index (κ3) is 3.26. The fourth-order valence-corrected chi connectivity index (χ4v) is 2.71. The van der Waals surface area contributed by atoms with Crippen LogP contribution in [0.4, 0.5) is 4.39 Å². The van der Waals surface area contributed by atoms with Crippen molar-refractivity contribution < 1.29 is 4.39 Å². The monoisotopic (exact) mass is 271 g/mol. The lowest BCUT2D eigenvalue weighted by Crippen LogP contribution is -2.26. The zero-order valence-corrected chi connectivity index (χ0v) is 12.4. The molecule has 1 N–H and O–H groups in total. The van der Waals surface area contributed by atoms with Crippen molar-refractivity contribution in [2.24, 2.45) is 0 Å². The van der Waals surface area contributed by atoms with Crippen molar-refractivity contribution in [1.82, 2.24) is 5.32 Å². The molecule has 0 saturated carbocycles. The van der Waals surface area contributed by atoms with Gasteiger partial charge in [0.15, 0.2) is 0 Å². The minimum absolute atomic E-state index is 0.172. The van der Waals surface area contributed by atoms with Gasteiger partial charge in [-0.1, -0.05) is 50.2 Å². The highest BCUT2D eigenvalue weighted by Gasteiger charge is 2.21. The van der Waals surface area contributed by atoms with Crippen LogP contribution in [0.2, 0.25) is 0 Å². The van der Waals surface area contributed by atoms with Crippen molar-refractivity contribution in [2.75, 3.05) is 6.54 Å². The Labute approximate surface area is 120 Å². The van der Waals surface area contributed by atoms with Crippen molar-refractivity contribution in [3.63, 3.8) is 0 Å². The van der Waals surface area contributed by atoms with Crippen LogP contribution in [0.25, 0.3) is 0 Å². The molecular weight excluding hydrogens is 249 g/mol. The fourth-order valence-electron chi connectivity index (χ4n) is 2.71. The summed E-state index contributed by atoms with van der Waals surface area (Å²) in [5.41, 5.74) is 3.46. The summed E-state index contributed by atoms with van der Waals surface area (Å²) in [4.78, 5) is 0. The highest BCUT2D eigenvalue weighted by molar-refractivity contribution is 5.33. The zero-order chi connectivity index (χ0) is 14.5. The highest BCUT2D eigenvalue weighted by Crippen LogP contribution is 2.32. The van der Waals surface area contributed by atoms with Gasteiger partial charge in [0.25, 0.3) is 0 Å². The molecule has 20 heavy (non-hydrogen) atoms. The van der Waals surface area contributed by atoms with Crippen molar-refractivity contribution in [1.29, 1.82) is 0 Å². The first-order valence-corrected chi connectivity index (χ1v) is 7.18. The molecule has 0 aliphatic carbocycles. The van der Waals surface area contributed by atoms with E-state index in [4.69, 9.17) is 0 Å². The molecule has 2 aromatic carbocycles. The molecule has 0 bridgehead atoms. The summed E-state index contributed by atoms with van der Waals surface area (Å²) in [7, 11) is 0. The van der Waals surface area contributed by atoms with E-state index < -0.39 is 0 Å². The number of hydrogen-bond acceptors (Lipinski definition) is 1. The molecule has 2 rings (SSSR count). The summed E-state index contributed by atoms with van der Waals surface area (Å²) in [5.74, 6) is 0.161. The second-order valence-corrected chi connectivity index (χ2v) is 5.24. The first kappa shape index (κ1) is 14.7. The summed E-state index contributed by atoms with van der Waals surface area (Å²) in [6.07, 6.45) is 0. The smallest absolute Gasteiger partial charge is 0.123 e. The van der Waals surface area contributed by atoms with Gasteiger partial charge in [0.05, 0.1) is 0 Å². The van der Waals surface area contributed by atoms with Crippen LogP contribution in [0.3, 0.4) is 0 Å². The minimum Gasteiger partial charge on any atom is -0.310 e. The van der Waals surface area contributed by atoms with Crippen LogP contribution in [0.5, 0.6) is 0 Å². The van der Waals surface area contributed by atoms with E-state index in [0.29, 0.717) is 5.92 Å². The fraction of sp³-hybridized carbons (Fsp3) is 0.333. The number of likely N-dealkylation sites (N-methyl/N-ethyl adjacent to an activating group) is 1. The number of hydrogen-bond donors (Lipinski definition) is 1. The lowest BCUT2D eigenvalue weighted by Gasteiger charge is -2.27. The first-order valence-electron chi connectivity index (χ1n) is 7.18. The zero-order valence-electron chi connectivity index (χ0n) is 12.4. The molecule has 0 aliphatic rings. The van der Waals surface area contributed by atoms with Crippen LogP contribution >= 0.6 is 0 Å². The molecule has 1 nitrogen and oxygen atoms in total. The molecule has 106 valence electrons. The Kier molecular flexibility index (Phi) is 4.91. The van der Waals surface area contributed by atoms with Crippen molar-refractivity contribution in [3.05, 3.63) is 71.0 Å².